The van der Waals surface area contributed by atoms with E-state index in [2.05, 4.69) is 5.32 Å². The number of benzene rings is 2. The van der Waals surface area contributed by atoms with Crippen LogP contribution in [0.25, 0.3) is 0 Å². The zero-order valence-corrected chi connectivity index (χ0v) is 17.2. The van der Waals surface area contributed by atoms with Crippen LogP contribution in [0.2, 0.25) is 10.0 Å². The summed E-state index contributed by atoms with van der Waals surface area (Å²) in [5.74, 6) is -0.450. The van der Waals surface area contributed by atoms with Crippen molar-refractivity contribution in [3.8, 4) is 0 Å². The number of aryl methyl sites for hydroxylation is 1. The summed E-state index contributed by atoms with van der Waals surface area (Å²) in [5, 5.41) is 3.47. The summed E-state index contributed by atoms with van der Waals surface area (Å²) in [4.78, 5) is 12.8. The molecule has 1 amide bonds. The van der Waals surface area contributed by atoms with Crippen molar-refractivity contribution in [3.63, 3.8) is 0 Å². The van der Waals surface area contributed by atoms with E-state index in [1.165, 1.54) is 10.4 Å². The van der Waals surface area contributed by atoms with Crippen LogP contribution in [0.4, 0.5) is 5.69 Å². The second-order valence-corrected chi connectivity index (χ2v) is 9.27. The first-order chi connectivity index (χ1) is 12.8. The van der Waals surface area contributed by atoms with Crippen LogP contribution in [0.3, 0.4) is 0 Å². The molecule has 0 aromatic heterocycles. The van der Waals surface area contributed by atoms with Crippen molar-refractivity contribution in [2.45, 2.75) is 31.1 Å². The van der Waals surface area contributed by atoms with Gasteiger partial charge in [-0.2, -0.15) is 4.31 Å². The van der Waals surface area contributed by atoms with Crippen LogP contribution >= 0.6 is 23.2 Å². The molecule has 5 nitrogen and oxygen atoms in total. The molecule has 0 radical (unpaired) electrons. The van der Waals surface area contributed by atoms with Crippen LogP contribution in [0.5, 0.6) is 0 Å². The van der Waals surface area contributed by atoms with Gasteiger partial charge in [-0.05, 0) is 55.7 Å². The summed E-state index contributed by atoms with van der Waals surface area (Å²) in [6, 6.07) is 9.41. The number of hydrogen-bond donors (Lipinski definition) is 1. The zero-order chi connectivity index (χ0) is 19.6. The molecular formula is C19H20Cl2N2O3S. The first-order valence-electron chi connectivity index (χ1n) is 8.66. The van der Waals surface area contributed by atoms with Crippen LogP contribution in [0.15, 0.2) is 41.3 Å². The topological polar surface area (TPSA) is 66.5 Å². The van der Waals surface area contributed by atoms with Gasteiger partial charge in [-0.1, -0.05) is 35.7 Å². The molecule has 2 aromatic carbocycles. The van der Waals surface area contributed by atoms with Gasteiger partial charge in [0.25, 0.3) is 5.91 Å². The van der Waals surface area contributed by atoms with Crippen molar-refractivity contribution < 1.29 is 13.2 Å². The van der Waals surface area contributed by atoms with Gasteiger partial charge in [-0.25, -0.2) is 8.42 Å². The number of amides is 1. The van der Waals surface area contributed by atoms with E-state index in [1.807, 2.05) is 0 Å². The Bertz CT molecular complexity index is 971. The lowest BCUT2D eigenvalue weighted by Crippen LogP contribution is -2.36. The molecule has 27 heavy (non-hydrogen) atoms. The summed E-state index contributed by atoms with van der Waals surface area (Å²) in [5.41, 5.74) is 1.22. The van der Waals surface area contributed by atoms with Gasteiger partial charge in [0, 0.05) is 23.7 Å². The van der Waals surface area contributed by atoms with Gasteiger partial charge in [0.1, 0.15) is 0 Å². The van der Waals surface area contributed by atoms with Gasteiger partial charge in [-0.3, -0.25) is 4.79 Å². The molecule has 0 saturated carbocycles. The van der Waals surface area contributed by atoms with Crippen molar-refractivity contribution in [1.29, 1.82) is 0 Å². The molecule has 1 heterocycles. The molecule has 0 bridgehead atoms. The number of carbonyl (C=O) groups is 1. The third-order valence-corrected chi connectivity index (χ3v) is 7.17. The van der Waals surface area contributed by atoms with E-state index < -0.39 is 15.9 Å². The first kappa shape index (κ1) is 20.1. The average molecular weight is 427 g/mol. The fourth-order valence-corrected chi connectivity index (χ4v) is 5.16. The summed E-state index contributed by atoms with van der Waals surface area (Å²) in [6.45, 7) is 2.75. The van der Waals surface area contributed by atoms with Crippen molar-refractivity contribution in [2.24, 2.45) is 0 Å². The molecule has 0 unspecified atom stereocenters. The Kier molecular flexibility index (Phi) is 6.11. The molecule has 1 N–H and O–H groups in total. The lowest BCUT2D eigenvalue weighted by Gasteiger charge is -2.26. The summed E-state index contributed by atoms with van der Waals surface area (Å²) < 4.78 is 27.5. The molecule has 144 valence electrons. The zero-order valence-electron chi connectivity index (χ0n) is 14.8. The molecule has 1 aliphatic rings. The van der Waals surface area contributed by atoms with Crippen molar-refractivity contribution in [3.05, 3.63) is 57.6 Å². The highest BCUT2D eigenvalue weighted by Crippen LogP contribution is 2.27. The van der Waals surface area contributed by atoms with Crippen molar-refractivity contribution in [2.75, 3.05) is 18.4 Å². The van der Waals surface area contributed by atoms with Gasteiger partial charge in [0.05, 0.1) is 15.6 Å². The Hall–Kier alpha value is -1.60. The number of nitrogens with zero attached hydrogens (tertiary/aromatic N) is 1. The number of sulfonamides is 1. The Morgan fingerprint density at radius 2 is 1.74 bits per heavy atom. The molecule has 3 rings (SSSR count). The molecule has 0 aliphatic carbocycles. The van der Waals surface area contributed by atoms with E-state index in [-0.39, 0.29) is 10.5 Å². The lowest BCUT2D eigenvalue weighted by atomic mass is 10.1. The maximum atomic E-state index is 13.0. The van der Waals surface area contributed by atoms with E-state index in [9.17, 15) is 13.2 Å². The third-order valence-electron chi connectivity index (χ3n) is 4.56. The number of piperidine rings is 1. The molecule has 1 aliphatic heterocycles. The third kappa shape index (κ3) is 4.46. The van der Waals surface area contributed by atoms with E-state index in [1.54, 1.807) is 37.3 Å². The normalized spacial score (nSPS) is 15.5. The van der Waals surface area contributed by atoms with Gasteiger partial charge < -0.3 is 5.32 Å². The quantitative estimate of drug-likeness (QED) is 0.767. The SMILES string of the molecule is Cc1ccc(C(=O)Nc2cc(Cl)ccc2Cl)cc1S(=O)(=O)N1CCCCC1. The molecule has 1 saturated heterocycles. The molecular weight excluding hydrogens is 407 g/mol. The van der Waals surface area contributed by atoms with E-state index in [4.69, 9.17) is 23.2 Å². The Morgan fingerprint density at radius 3 is 2.44 bits per heavy atom. The van der Waals surface area contributed by atoms with E-state index in [0.717, 1.165) is 19.3 Å². The molecule has 0 spiro atoms. The van der Waals surface area contributed by atoms with Gasteiger partial charge in [0.15, 0.2) is 0 Å². The number of nitrogens with one attached hydrogen (secondary N) is 1. The van der Waals surface area contributed by atoms with Crippen molar-refractivity contribution >= 4 is 44.8 Å². The summed E-state index contributed by atoms with van der Waals surface area (Å²) in [6.07, 6.45) is 2.74. The number of halogens is 2. The van der Waals surface area contributed by atoms with Gasteiger partial charge >= 0.3 is 0 Å². The number of carbonyl (C=O) groups excluding carboxylic acids is 1. The minimum atomic E-state index is -3.63. The van der Waals surface area contributed by atoms with E-state index in [0.29, 0.717) is 34.4 Å². The smallest absolute Gasteiger partial charge is 0.255 e. The van der Waals surface area contributed by atoms with Crippen LogP contribution in [0, 0.1) is 6.92 Å². The second-order valence-electron chi connectivity index (χ2n) is 6.52. The van der Waals surface area contributed by atoms with Gasteiger partial charge in [-0.15, -0.1) is 0 Å². The maximum absolute atomic E-state index is 13.0. The van der Waals surface area contributed by atoms with Gasteiger partial charge in [0.2, 0.25) is 10.0 Å². The van der Waals surface area contributed by atoms with E-state index >= 15 is 0 Å². The Morgan fingerprint density at radius 1 is 1.04 bits per heavy atom. The fraction of sp³-hybridized carbons (Fsp3) is 0.316. The van der Waals surface area contributed by atoms with Crippen molar-refractivity contribution in [1.82, 2.24) is 4.31 Å². The Labute approximate surface area is 169 Å². The number of rotatable bonds is 4. The summed E-state index contributed by atoms with van der Waals surface area (Å²) >= 11 is 12.0. The second kappa shape index (κ2) is 8.19. The van der Waals surface area contributed by atoms with Crippen LogP contribution in [-0.2, 0) is 10.0 Å². The van der Waals surface area contributed by atoms with Crippen LogP contribution < -0.4 is 5.32 Å². The summed E-state index contributed by atoms with van der Waals surface area (Å²) in [7, 11) is -3.63. The van der Waals surface area contributed by atoms with Crippen LogP contribution in [-0.4, -0.2) is 31.7 Å². The highest BCUT2D eigenvalue weighted by atomic mass is 35.5. The lowest BCUT2D eigenvalue weighted by molar-refractivity contribution is 0.102. The standard InChI is InChI=1S/C19H20Cl2N2O3S/c1-13-5-6-14(19(24)22-17-12-15(20)7-8-16(17)21)11-18(13)27(25,26)23-9-3-2-4-10-23/h5-8,11-12H,2-4,9-10H2,1H3,(H,22,24). The Balaban J connectivity index is 1.90. The predicted molar refractivity (Wildman–Crippen MR) is 108 cm³/mol. The maximum Gasteiger partial charge on any atom is 0.255 e. The minimum Gasteiger partial charge on any atom is -0.321 e. The largest absolute Gasteiger partial charge is 0.321 e. The number of anilines is 1. The molecule has 0 atom stereocenters. The first-order valence-corrected chi connectivity index (χ1v) is 10.9. The highest BCUT2D eigenvalue weighted by Gasteiger charge is 2.28. The monoisotopic (exact) mass is 426 g/mol. The molecule has 2 aromatic rings. The van der Waals surface area contributed by atoms with Crippen LogP contribution in [0.1, 0.15) is 35.2 Å². The number of hydrogen-bond acceptors (Lipinski definition) is 3. The minimum absolute atomic E-state index is 0.161. The molecule has 8 heteroatoms. The predicted octanol–water partition coefficient (Wildman–Crippen LogP) is 4.73. The highest BCUT2D eigenvalue weighted by molar-refractivity contribution is 7.89. The average Bonchev–Trinajstić information content (AvgIpc) is 2.65. The fourth-order valence-electron chi connectivity index (χ4n) is 3.05. The molecule has 1 fully saturated rings.